The Hall–Kier alpha value is -0.450. The van der Waals surface area contributed by atoms with Gasteiger partial charge in [-0.25, -0.2) is 0 Å². The molecule has 0 fully saturated rings. The van der Waals surface area contributed by atoms with Crippen LogP contribution in [0.4, 0.5) is 0 Å². The highest BCUT2D eigenvalue weighted by molar-refractivity contribution is 9.10. The van der Waals surface area contributed by atoms with Crippen molar-refractivity contribution in [1.29, 1.82) is 0 Å². The van der Waals surface area contributed by atoms with Crippen molar-refractivity contribution in [2.45, 2.75) is 19.4 Å². The Kier molecular flexibility index (Phi) is 4.04. The molecule has 0 radical (unpaired) electrons. The molecule has 78 valence electrons. The second kappa shape index (κ2) is 4.87. The van der Waals surface area contributed by atoms with Crippen LogP contribution in [0.5, 0.6) is 0 Å². The fourth-order valence-electron chi connectivity index (χ4n) is 1.01. The Morgan fingerprint density at radius 2 is 2.14 bits per heavy atom. The van der Waals surface area contributed by atoms with Gasteiger partial charge in [0.1, 0.15) is 12.4 Å². The van der Waals surface area contributed by atoms with Gasteiger partial charge in [0.25, 0.3) is 0 Å². The zero-order chi connectivity index (χ0) is 10.6. The molecule has 1 heterocycles. The van der Waals surface area contributed by atoms with E-state index in [0.717, 1.165) is 10.2 Å². The van der Waals surface area contributed by atoms with E-state index in [9.17, 15) is 0 Å². The van der Waals surface area contributed by atoms with Gasteiger partial charge in [-0.3, -0.25) is 4.98 Å². The molecule has 0 atom stereocenters. The van der Waals surface area contributed by atoms with Gasteiger partial charge in [-0.05, 0) is 41.9 Å². The SMILES string of the molecule is COCOC(C)(C)c1ccc(Br)cn1. The summed E-state index contributed by atoms with van der Waals surface area (Å²) in [5.41, 5.74) is 0.467. The maximum Gasteiger partial charge on any atom is 0.147 e. The molecule has 14 heavy (non-hydrogen) atoms. The van der Waals surface area contributed by atoms with Gasteiger partial charge in [0.2, 0.25) is 0 Å². The van der Waals surface area contributed by atoms with Gasteiger partial charge in [-0.2, -0.15) is 0 Å². The zero-order valence-corrected chi connectivity index (χ0v) is 10.2. The number of nitrogens with zero attached hydrogens (tertiary/aromatic N) is 1. The van der Waals surface area contributed by atoms with Crippen molar-refractivity contribution < 1.29 is 9.47 Å². The van der Waals surface area contributed by atoms with Crippen LogP contribution in [0.3, 0.4) is 0 Å². The van der Waals surface area contributed by atoms with Gasteiger partial charge in [0, 0.05) is 17.8 Å². The third-order valence-electron chi connectivity index (χ3n) is 1.88. The Labute approximate surface area is 92.6 Å². The predicted octanol–water partition coefficient (Wildman–Crippen LogP) is 2.70. The molecule has 3 nitrogen and oxygen atoms in total. The smallest absolute Gasteiger partial charge is 0.147 e. The first-order valence-electron chi connectivity index (χ1n) is 4.31. The van der Waals surface area contributed by atoms with Crippen molar-refractivity contribution in [3.05, 3.63) is 28.5 Å². The molecule has 1 aromatic heterocycles. The van der Waals surface area contributed by atoms with E-state index < -0.39 is 5.60 Å². The summed E-state index contributed by atoms with van der Waals surface area (Å²) < 4.78 is 11.3. The van der Waals surface area contributed by atoms with Crippen LogP contribution in [0.15, 0.2) is 22.8 Å². The average Bonchev–Trinajstić information content (AvgIpc) is 2.16. The highest BCUT2D eigenvalue weighted by Gasteiger charge is 2.22. The molecule has 0 aliphatic heterocycles. The average molecular weight is 260 g/mol. The molecule has 0 saturated carbocycles. The largest absolute Gasteiger partial charge is 0.359 e. The van der Waals surface area contributed by atoms with Crippen molar-refractivity contribution in [3.8, 4) is 0 Å². The van der Waals surface area contributed by atoms with Crippen molar-refractivity contribution in [1.82, 2.24) is 4.98 Å². The Morgan fingerprint density at radius 3 is 2.64 bits per heavy atom. The van der Waals surface area contributed by atoms with Crippen LogP contribution in [0, 0.1) is 0 Å². The number of methoxy groups -OCH3 is 1. The van der Waals surface area contributed by atoms with E-state index in [2.05, 4.69) is 20.9 Å². The topological polar surface area (TPSA) is 31.4 Å². The lowest BCUT2D eigenvalue weighted by molar-refractivity contribution is -0.120. The molecule has 0 unspecified atom stereocenters. The summed E-state index contributed by atoms with van der Waals surface area (Å²) in [5, 5.41) is 0. The van der Waals surface area contributed by atoms with Gasteiger partial charge in [-0.15, -0.1) is 0 Å². The molecule has 0 amide bonds. The fraction of sp³-hybridized carbons (Fsp3) is 0.500. The molecule has 0 saturated heterocycles. The number of rotatable bonds is 4. The number of halogens is 1. The minimum absolute atomic E-state index is 0.269. The lowest BCUT2D eigenvalue weighted by Gasteiger charge is -2.24. The monoisotopic (exact) mass is 259 g/mol. The Morgan fingerprint density at radius 1 is 1.43 bits per heavy atom. The summed E-state index contributed by atoms with van der Waals surface area (Å²) >= 11 is 3.34. The minimum Gasteiger partial charge on any atom is -0.359 e. The van der Waals surface area contributed by atoms with E-state index in [1.807, 2.05) is 26.0 Å². The van der Waals surface area contributed by atoms with E-state index in [0.29, 0.717) is 0 Å². The zero-order valence-electron chi connectivity index (χ0n) is 8.58. The van der Waals surface area contributed by atoms with Crippen LogP contribution in [0.1, 0.15) is 19.5 Å². The standard InChI is InChI=1S/C10H14BrNO2/c1-10(2,14-7-13-3)9-5-4-8(11)6-12-9/h4-6H,7H2,1-3H3. The first-order valence-corrected chi connectivity index (χ1v) is 5.10. The maximum atomic E-state index is 5.50. The van der Waals surface area contributed by atoms with Gasteiger partial charge in [0.15, 0.2) is 0 Å². The summed E-state index contributed by atoms with van der Waals surface area (Å²) in [7, 11) is 1.60. The van der Waals surface area contributed by atoms with Gasteiger partial charge >= 0.3 is 0 Å². The number of ether oxygens (including phenoxy) is 2. The molecular weight excluding hydrogens is 246 g/mol. The quantitative estimate of drug-likeness (QED) is 0.780. The van der Waals surface area contributed by atoms with E-state index >= 15 is 0 Å². The first-order chi connectivity index (χ1) is 6.56. The van der Waals surface area contributed by atoms with Gasteiger partial charge in [0.05, 0.1) is 5.69 Å². The maximum absolute atomic E-state index is 5.50. The van der Waals surface area contributed by atoms with Crippen LogP contribution in [0.25, 0.3) is 0 Å². The second-order valence-electron chi connectivity index (χ2n) is 3.42. The lowest BCUT2D eigenvalue weighted by atomic mass is 10.0. The normalized spacial score (nSPS) is 11.7. The molecule has 0 spiro atoms. The molecule has 0 aliphatic rings. The second-order valence-corrected chi connectivity index (χ2v) is 4.34. The predicted molar refractivity (Wildman–Crippen MR) is 57.9 cm³/mol. The van der Waals surface area contributed by atoms with E-state index in [1.54, 1.807) is 13.3 Å². The summed E-state index contributed by atoms with van der Waals surface area (Å²) in [5.74, 6) is 0. The Balaban J connectivity index is 2.75. The fourth-order valence-corrected chi connectivity index (χ4v) is 1.25. The van der Waals surface area contributed by atoms with E-state index in [1.165, 1.54) is 0 Å². The highest BCUT2D eigenvalue weighted by atomic mass is 79.9. The molecule has 0 aromatic carbocycles. The van der Waals surface area contributed by atoms with Crippen LogP contribution in [-0.2, 0) is 15.1 Å². The van der Waals surface area contributed by atoms with E-state index in [4.69, 9.17) is 9.47 Å². The van der Waals surface area contributed by atoms with Crippen LogP contribution >= 0.6 is 15.9 Å². The number of aromatic nitrogens is 1. The van der Waals surface area contributed by atoms with Crippen LogP contribution in [0.2, 0.25) is 0 Å². The summed E-state index contributed by atoms with van der Waals surface area (Å²) in [6, 6.07) is 3.87. The van der Waals surface area contributed by atoms with Crippen LogP contribution < -0.4 is 0 Å². The van der Waals surface area contributed by atoms with Crippen molar-refractivity contribution in [2.75, 3.05) is 13.9 Å². The number of pyridine rings is 1. The van der Waals surface area contributed by atoms with Gasteiger partial charge < -0.3 is 9.47 Å². The van der Waals surface area contributed by atoms with E-state index in [-0.39, 0.29) is 6.79 Å². The highest BCUT2D eigenvalue weighted by Crippen LogP contribution is 2.23. The molecule has 1 aromatic rings. The van der Waals surface area contributed by atoms with Crippen molar-refractivity contribution in [2.24, 2.45) is 0 Å². The summed E-state index contributed by atoms with van der Waals surface area (Å²) in [4.78, 5) is 4.28. The lowest BCUT2D eigenvalue weighted by Crippen LogP contribution is -2.24. The van der Waals surface area contributed by atoms with Crippen LogP contribution in [-0.4, -0.2) is 18.9 Å². The van der Waals surface area contributed by atoms with Gasteiger partial charge in [-0.1, -0.05) is 0 Å². The first kappa shape index (κ1) is 11.6. The summed E-state index contributed by atoms with van der Waals surface area (Å²) in [6.07, 6.45) is 1.76. The number of hydrogen-bond acceptors (Lipinski definition) is 3. The number of hydrogen-bond donors (Lipinski definition) is 0. The molecule has 1 rings (SSSR count). The van der Waals surface area contributed by atoms with Crippen molar-refractivity contribution >= 4 is 15.9 Å². The third-order valence-corrected chi connectivity index (χ3v) is 2.35. The minimum atomic E-state index is -0.420. The molecule has 0 bridgehead atoms. The molecular formula is C10H14BrNO2. The Bertz CT molecular complexity index is 285. The molecule has 0 N–H and O–H groups in total. The van der Waals surface area contributed by atoms with Crippen molar-refractivity contribution in [3.63, 3.8) is 0 Å². The summed E-state index contributed by atoms with van der Waals surface area (Å²) in [6.45, 7) is 4.19. The molecule has 4 heteroatoms. The third kappa shape index (κ3) is 3.04. The molecule has 0 aliphatic carbocycles.